The van der Waals surface area contributed by atoms with Crippen LogP contribution in [0.4, 0.5) is 0 Å². The van der Waals surface area contributed by atoms with Gasteiger partial charge in [0, 0.05) is 16.9 Å². The van der Waals surface area contributed by atoms with Gasteiger partial charge in [-0.25, -0.2) is 4.79 Å². The van der Waals surface area contributed by atoms with E-state index in [9.17, 15) is 24.9 Å². The number of nitrogens with zero attached hydrogens (tertiary/aromatic N) is 3. The summed E-state index contributed by atoms with van der Waals surface area (Å²) in [6, 6.07) is -0.666. The molecule has 0 aromatic carbocycles. The molecule has 0 radical (unpaired) electrons. The molecule has 136 valence electrons. The van der Waals surface area contributed by atoms with Crippen LogP contribution < -0.4 is 10.00 Å². The van der Waals surface area contributed by atoms with Crippen LogP contribution in [0.25, 0.3) is 0 Å². The number of aliphatic hydroxyl groups is 1. The number of thioether (sulfide) groups is 1. The summed E-state index contributed by atoms with van der Waals surface area (Å²) < 4.78 is 3.91. The quantitative estimate of drug-likeness (QED) is 0.483. The van der Waals surface area contributed by atoms with Crippen LogP contribution in [-0.2, 0) is 22.7 Å². The number of rotatable bonds is 6. The molecule has 1 aromatic rings. The van der Waals surface area contributed by atoms with Crippen molar-refractivity contribution in [1.29, 1.82) is 0 Å². The van der Waals surface area contributed by atoms with Gasteiger partial charge in [0.15, 0.2) is 0 Å². The number of carboxylic acids is 2. The van der Waals surface area contributed by atoms with E-state index in [1.165, 1.54) is 18.7 Å². The minimum absolute atomic E-state index is 0.0362. The molecule has 0 unspecified atom stereocenters. The van der Waals surface area contributed by atoms with E-state index in [1.54, 1.807) is 19.6 Å². The van der Waals surface area contributed by atoms with E-state index in [0.29, 0.717) is 18.0 Å². The fraction of sp³-hybridized carbons (Fsp3) is 0.600. The van der Waals surface area contributed by atoms with Crippen molar-refractivity contribution in [1.82, 2.24) is 15.0 Å². The summed E-state index contributed by atoms with van der Waals surface area (Å²) in [6.45, 7) is 4.62. The fourth-order valence-electron chi connectivity index (χ4n) is 3.50. The van der Waals surface area contributed by atoms with Crippen LogP contribution in [0.2, 0.25) is 0 Å². The molecule has 25 heavy (non-hydrogen) atoms. The molecule has 4 N–H and O–H groups in total. The van der Waals surface area contributed by atoms with Gasteiger partial charge in [-0.1, -0.05) is 6.92 Å². The minimum Gasteiger partial charge on any atom is -0.481 e. The summed E-state index contributed by atoms with van der Waals surface area (Å²) in [4.78, 5) is 27.9. The van der Waals surface area contributed by atoms with Gasteiger partial charge in [-0.05, 0) is 11.9 Å². The minimum atomic E-state index is -1.14. The number of aliphatic carboxylic acids is 2. The Morgan fingerprint density at radius 1 is 1.48 bits per heavy atom. The first-order valence-electron chi connectivity index (χ1n) is 8.01. The second-order valence-corrected chi connectivity index (χ2v) is 7.81. The monoisotopic (exact) mass is 369 g/mol. The first kappa shape index (κ1) is 17.7. The highest BCUT2D eigenvalue weighted by molar-refractivity contribution is 8.03. The third-order valence-electron chi connectivity index (χ3n) is 4.72. The molecule has 0 fully saturated rings. The summed E-state index contributed by atoms with van der Waals surface area (Å²) in [5, 5.41) is 31.8. The van der Waals surface area contributed by atoms with E-state index in [-0.39, 0.29) is 16.9 Å². The fourth-order valence-corrected chi connectivity index (χ4v) is 4.94. The Bertz CT molecular complexity index is 711. The number of carbonyl (C=O) groups is 2. The van der Waals surface area contributed by atoms with E-state index in [1.807, 2.05) is 9.36 Å². The van der Waals surface area contributed by atoms with Gasteiger partial charge in [-0.15, -0.1) is 11.8 Å². The number of fused-ring (bicyclic) bond motifs is 1. The molecule has 1 aromatic heterocycles. The molecule has 0 aliphatic carbocycles. The zero-order valence-corrected chi connectivity index (χ0v) is 14.7. The summed E-state index contributed by atoms with van der Waals surface area (Å²) in [7, 11) is 0. The average Bonchev–Trinajstić information content (AvgIpc) is 3.15. The molecule has 0 amide bonds. The second-order valence-electron chi connectivity index (χ2n) is 6.47. The normalized spacial score (nSPS) is 27.7. The molecule has 0 saturated carbocycles. The Labute approximate surface area is 148 Å². The van der Waals surface area contributed by atoms with E-state index in [2.05, 4.69) is 10.3 Å². The van der Waals surface area contributed by atoms with Crippen molar-refractivity contribution in [2.75, 3.05) is 0 Å². The van der Waals surface area contributed by atoms with E-state index >= 15 is 0 Å². The molecule has 4 atom stereocenters. The molecule has 2 aliphatic heterocycles. The third-order valence-corrected chi connectivity index (χ3v) is 6.18. The smallest absolute Gasteiger partial charge is 0.352 e. The van der Waals surface area contributed by atoms with Gasteiger partial charge in [0.25, 0.3) is 0 Å². The summed E-state index contributed by atoms with van der Waals surface area (Å²) in [6.07, 6.45) is 2.35. The highest BCUT2D eigenvalue weighted by Crippen LogP contribution is 2.41. The van der Waals surface area contributed by atoms with Crippen LogP contribution >= 0.6 is 11.8 Å². The molecule has 0 bridgehead atoms. The Morgan fingerprint density at radius 3 is 2.76 bits per heavy atom. The lowest BCUT2D eigenvalue weighted by Gasteiger charge is -2.27. The molecule has 9 nitrogen and oxygen atoms in total. The number of hydrogen-bond donors (Lipinski definition) is 4. The predicted octanol–water partition coefficient (Wildman–Crippen LogP) is -0.728. The van der Waals surface area contributed by atoms with Crippen molar-refractivity contribution in [3.8, 4) is 0 Å². The SMILES string of the molecule is C[C@@H](O)[C@@H](C(=O)O)[C@@H]1NC(C(=O)O)=C(SC2Cn3cnc[n+]3C2)[C@@H]1C. The lowest BCUT2D eigenvalue weighted by Crippen LogP contribution is -2.45. The molecule has 10 heteroatoms. The number of aliphatic hydroxyl groups excluding tert-OH is 1. The van der Waals surface area contributed by atoms with Gasteiger partial charge in [-0.2, -0.15) is 9.36 Å². The lowest BCUT2D eigenvalue weighted by atomic mass is 9.87. The van der Waals surface area contributed by atoms with Crippen molar-refractivity contribution >= 4 is 23.7 Å². The molecule has 3 rings (SSSR count). The van der Waals surface area contributed by atoms with Crippen molar-refractivity contribution in [3.05, 3.63) is 23.3 Å². The number of hydrogen-bond acceptors (Lipinski definition) is 6. The summed E-state index contributed by atoms with van der Waals surface area (Å²) in [5.74, 6) is -3.67. The van der Waals surface area contributed by atoms with E-state index in [0.717, 1.165) is 0 Å². The van der Waals surface area contributed by atoms with Crippen LogP contribution in [0.1, 0.15) is 13.8 Å². The molecular weight excluding hydrogens is 348 g/mol. The van der Waals surface area contributed by atoms with Crippen molar-refractivity contribution in [3.63, 3.8) is 0 Å². The topological polar surface area (TPSA) is 129 Å². The Kier molecular flexibility index (Phi) is 4.74. The first-order valence-corrected chi connectivity index (χ1v) is 8.89. The molecule has 0 saturated heterocycles. The maximum Gasteiger partial charge on any atom is 0.352 e. The first-order chi connectivity index (χ1) is 11.8. The van der Waals surface area contributed by atoms with Gasteiger partial charge in [-0.3, -0.25) is 4.79 Å². The highest BCUT2D eigenvalue weighted by Gasteiger charge is 2.45. The maximum absolute atomic E-state index is 11.6. The van der Waals surface area contributed by atoms with Crippen molar-refractivity contribution < 1.29 is 29.6 Å². The zero-order chi connectivity index (χ0) is 18.3. The number of nitrogens with one attached hydrogen (secondary N) is 1. The number of carboxylic acid groups (broad SMARTS) is 2. The zero-order valence-electron chi connectivity index (χ0n) is 13.9. The third kappa shape index (κ3) is 3.23. The maximum atomic E-state index is 11.6. The van der Waals surface area contributed by atoms with E-state index < -0.39 is 30.0 Å². The summed E-state index contributed by atoms with van der Waals surface area (Å²) in [5.41, 5.74) is 0.0362. The van der Waals surface area contributed by atoms with Crippen LogP contribution in [0.15, 0.2) is 23.3 Å². The largest absolute Gasteiger partial charge is 0.481 e. The standard InChI is InChI=1S/C15H20N4O5S/c1-7-11(10(8(2)20)14(21)22)17-12(15(23)24)13(7)25-9-3-18-5-16-6-19(18)4-9/h5-11,17,20H,3-4H2,1-2H3,(H-,21,22,23,24)/p+1/t7-,8-,10-,11-/m1/s1. The Hall–Kier alpha value is -2.07. The molecular formula is C15H21N4O5S+. The lowest BCUT2D eigenvalue weighted by molar-refractivity contribution is -0.758. The molecule has 2 aliphatic rings. The van der Waals surface area contributed by atoms with Gasteiger partial charge in [0.2, 0.25) is 6.33 Å². The molecule has 0 spiro atoms. The van der Waals surface area contributed by atoms with Gasteiger partial charge >= 0.3 is 18.3 Å². The van der Waals surface area contributed by atoms with Gasteiger partial charge in [0.1, 0.15) is 18.2 Å². The van der Waals surface area contributed by atoms with Gasteiger partial charge in [0.05, 0.1) is 17.9 Å². The average molecular weight is 369 g/mol. The Morgan fingerprint density at radius 2 is 2.20 bits per heavy atom. The van der Waals surface area contributed by atoms with Crippen LogP contribution in [0, 0.1) is 11.8 Å². The number of aromatic nitrogens is 3. The summed E-state index contributed by atoms with van der Waals surface area (Å²) >= 11 is 1.46. The van der Waals surface area contributed by atoms with Crippen molar-refractivity contribution in [2.45, 2.75) is 44.3 Å². The highest BCUT2D eigenvalue weighted by atomic mass is 32.2. The second kappa shape index (κ2) is 6.68. The Balaban J connectivity index is 1.80. The van der Waals surface area contributed by atoms with Crippen LogP contribution in [-0.4, -0.2) is 54.3 Å². The van der Waals surface area contributed by atoms with E-state index in [4.69, 9.17) is 0 Å². The van der Waals surface area contributed by atoms with Crippen LogP contribution in [0.3, 0.4) is 0 Å². The van der Waals surface area contributed by atoms with Crippen LogP contribution in [0.5, 0.6) is 0 Å². The van der Waals surface area contributed by atoms with Gasteiger partial charge < -0.3 is 20.6 Å². The van der Waals surface area contributed by atoms with Crippen molar-refractivity contribution in [2.24, 2.45) is 11.8 Å². The predicted molar refractivity (Wildman–Crippen MR) is 87.4 cm³/mol. The molecule has 3 heterocycles.